The lowest BCUT2D eigenvalue weighted by atomic mass is 10.0. The van der Waals surface area contributed by atoms with Gasteiger partial charge in [-0.25, -0.2) is 4.98 Å². The van der Waals surface area contributed by atoms with Crippen molar-refractivity contribution in [2.24, 2.45) is 5.92 Å². The zero-order chi connectivity index (χ0) is 20.1. The van der Waals surface area contributed by atoms with E-state index in [1.807, 2.05) is 13.8 Å². The highest BCUT2D eigenvalue weighted by molar-refractivity contribution is 5.80. The summed E-state index contributed by atoms with van der Waals surface area (Å²) in [6.07, 6.45) is -0.479. The van der Waals surface area contributed by atoms with Crippen LogP contribution in [-0.2, 0) is 15.8 Å². The fraction of sp³-hybridized carbons (Fsp3) is 0.611. The molecule has 0 saturated heterocycles. The van der Waals surface area contributed by atoms with E-state index in [9.17, 15) is 22.8 Å². The number of carbonyl (C=O) groups excluding carboxylic acids is 2. The Morgan fingerprint density at radius 1 is 1.26 bits per heavy atom. The fourth-order valence-corrected chi connectivity index (χ4v) is 2.62. The molecule has 1 aliphatic carbocycles. The maximum Gasteiger partial charge on any atom is 0.433 e. The second-order valence-electron chi connectivity index (χ2n) is 6.73. The van der Waals surface area contributed by atoms with Gasteiger partial charge in [-0.1, -0.05) is 13.8 Å². The molecule has 1 aliphatic rings. The van der Waals surface area contributed by atoms with Crippen molar-refractivity contribution in [3.05, 3.63) is 24.0 Å². The third-order valence-corrected chi connectivity index (χ3v) is 4.62. The Bertz CT molecular complexity index is 654. The molecule has 9 heteroatoms. The Labute approximate surface area is 155 Å². The number of amides is 2. The number of ether oxygens (including phenoxy) is 1. The van der Waals surface area contributed by atoms with Crippen molar-refractivity contribution < 1.29 is 27.5 Å². The van der Waals surface area contributed by atoms with Crippen molar-refractivity contribution in [1.29, 1.82) is 0 Å². The van der Waals surface area contributed by atoms with Crippen LogP contribution in [0, 0.1) is 5.92 Å². The van der Waals surface area contributed by atoms with E-state index >= 15 is 0 Å². The van der Waals surface area contributed by atoms with Gasteiger partial charge in [0.25, 0.3) is 5.91 Å². The van der Waals surface area contributed by atoms with Crippen LogP contribution in [0.5, 0.6) is 5.75 Å². The summed E-state index contributed by atoms with van der Waals surface area (Å²) in [5, 5.41) is 5.70. The number of aromatic nitrogens is 1. The summed E-state index contributed by atoms with van der Waals surface area (Å²) >= 11 is 0. The molecular weight excluding hydrogens is 363 g/mol. The molecule has 1 heterocycles. The Morgan fingerprint density at radius 3 is 2.41 bits per heavy atom. The first-order chi connectivity index (χ1) is 12.7. The molecule has 2 rings (SSSR count). The van der Waals surface area contributed by atoms with Gasteiger partial charge >= 0.3 is 6.18 Å². The van der Waals surface area contributed by atoms with Gasteiger partial charge in [0.2, 0.25) is 5.91 Å². The number of pyridine rings is 1. The molecule has 27 heavy (non-hydrogen) atoms. The van der Waals surface area contributed by atoms with Gasteiger partial charge in [-0.15, -0.1) is 0 Å². The molecule has 1 aromatic rings. The maximum absolute atomic E-state index is 12.4. The average molecular weight is 387 g/mol. The zero-order valence-electron chi connectivity index (χ0n) is 15.4. The van der Waals surface area contributed by atoms with Crippen molar-refractivity contribution in [3.63, 3.8) is 0 Å². The van der Waals surface area contributed by atoms with E-state index in [2.05, 4.69) is 15.6 Å². The Kier molecular flexibility index (Phi) is 6.67. The van der Waals surface area contributed by atoms with Crippen molar-refractivity contribution in [1.82, 2.24) is 15.6 Å². The number of hydrogen-bond donors (Lipinski definition) is 2. The molecule has 150 valence electrons. The molecule has 0 bridgehead atoms. The minimum absolute atomic E-state index is 0.00109. The van der Waals surface area contributed by atoms with Crippen LogP contribution in [0.2, 0.25) is 0 Å². The topological polar surface area (TPSA) is 80.3 Å². The lowest BCUT2D eigenvalue weighted by Crippen LogP contribution is -2.48. The average Bonchev–Trinajstić information content (AvgIpc) is 3.38. The standard InChI is InChI=1S/C18H24F3N3O3/c1-3-12(4-2)16(26)24-17(7-8-17)11-23-15(25)10-27-13-5-6-14(22-9-13)18(19,20)21/h5-6,9,12H,3-4,7-8,10-11H2,1-2H3,(H,23,25)(H,24,26). The third kappa shape index (κ3) is 6.11. The molecule has 2 amide bonds. The zero-order valence-corrected chi connectivity index (χ0v) is 15.4. The third-order valence-electron chi connectivity index (χ3n) is 4.62. The van der Waals surface area contributed by atoms with Crippen LogP contribution in [0.1, 0.15) is 45.2 Å². The van der Waals surface area contributed by atoms with Crippen molar-refractivity contribution >= 4 is 11.8 Å². The van der Waals surface area contributed by atoms with E-state index in [1.165, 1.54) is 0 Å². The normalized spacial score (nSPS) is 15.3. The number of alkyl halides is 3. The van der Waals surface area contributed by atoms with Crippen LogP contribution in [0.3, 0.4) is 0 Å². The van der Waals surface area contributed by atoms with E-state index < -0.39 is 23.3 Å². The summed E-state index contributed by atoms with van der Waals surface area (Å²) in [5.41, 5.74) is -1.42. The van der Waals surface area contributed by atoms with Gasteiger partial charge in [0.05, 0.1) is 11.7 Å². The Hall–Kier alpha value is -2.32. The Balaban J connectivity index is 1.75. The summed E-state index contributed by atoms with van der Waals surface area (Å²) in [7, 11) is 0. The molecule has 1 fully saturated rings. The molecule has 2 N–H and O–H groups in total. The van der Waals surface area contributed by atoms with Crippen LogP contribution in [0.4, 0.5) is 13.2 Å². The van der Waals surface area contributed by atoms with E-state index in [1.54, 1.807) is 0 Å². The first-order valence-corrected chi connectivity index (χ1v) is 8.94. The number of rotatable bonds is 9. The highest BCUT2D eigenvalue weighted by atomic mass is 19.4. The van der Waals surface area contributed by atoms with Crippen LogP contribution in [-0.4, -0.2) is 35.5 Å². The predicted octanol–water partition coefficient (Wildman–Crippen LogP) is 2.68. The van der Waals surface area contributed by atoms with Crippen molar-refractivity contribution in [2.75, 3.05) is 13.2 Å². The highest BCUT2D eigenvalue weighted by Crippen LogP contribution is 2.35. The number of nitrogens with one attached hydrogen (secondary N) is 2. The number of hydrogen-bond acceptors (Lipinski definition) is 4. The summed E-state index contributed by atoms with van der Waals surface area (Å²) in [6, 6.07) is 1.90. The van der Waals surface area contributed by atoms with Gasteiger partial charge in [0, 0.05) is 12.5 Å². The highest BCUT2D eigenvalue weighted by Gasteiger charge is 2.44. The van der Waals surface area contributed by atoms with Gasteiger partial charge in [-0.2, -0.15) is 13.2 Å². The summed E-state index contributed by atoms with van der Waals surface area (Å²) < 4.78 is 42.5. The monoisotopic (exact) mass is 387 g/mol. The summed E-state index contributed by atoms with van der Waals surface area (Å²) in [4.78, 5) is 27.3. The molecule has 0 radical (unpaired) electrons. The first kappa shape index (κ1) is 21.0. The van der Waals surface area contributed by atoms with Gasteiger partial charge in [-0.3, -0.25) is 9.59 Å². The van der Waals surface area contributed by atoms with Crippen molar-refractivity contribution in [2.45, 2.75) is 51.2 Å². The molecule has 1 aromatic heterocycles. The SMILES string of the molecule is CCC(CC)C(=O)NC1(CNC(=O)COc2ccc(C(F)(F)F)nc2)CC1. The molecule has 0 spiro atoms. The minimum Gasteiger partial charge on any atom is -0.482 e. The minimum atomic E-state index is -4.52. The lowest BCUT2D eigenvalue weighted by molar-refractivity contribution is -0.141. The molecule has 6 nitrogen and oxygen atoms in total. The van der Waals surface area contributed by atoms with E-state index in [0.717, 1.165) is 44.0 Å². The number of nitrogens with zero attached hydrogens (tertiary/aromatic N) is 1. The molecule has 0 aliphatic heterocycles. The lowest BCUT2D eigenvalue weighted by Gasteiger charge is -2.21. The second-order valence-corrected chi connectivity index (χ2v) is 6.73. The van der Waals surface area contributed by atoms with Gasteiger partial charge in [0.15, 0.2) is 6.61 Å². The largest absolute Gasteiger partial charge is 0.482 e. The van der Waals surface area contributed by atoms with Gasteiger partial charge < -0.3 is 15.4 Å². The number of halogens is 3. The molecule has 0 unspecified atom stereocenters. The first-order valence-electron chi connectivity index (χ1n) is 8.94. The predicted molar refractivity (Wildman–Crippen MR) is 91.9 cm³/mol. The van der Waals surface area contributed by atoms with Crippen LogP contribution >= 0.6 is 0 Å². The molecule has 0 aromatic carbocycles. The van der Waals surface area contributed by atoms with Crippen molar-refractivity contribution in [3.8, 4) is 5.75 Å². The van der Waals surface area contributed by atoms with E-state index in [4.69, 9.17) is 4.74 Å². The van der Waals surface area contributed by atoms with E-state index in [0.29, 0.717) is 6.54 Å². The smallest absolute Gasteiger partial charge is 0.433 e. The van der Waals surface area contributed by atoms with Crippen LogP contribution in [0.25, 0.3) is 0 Å². The molecule has 1 saturated carbocycles. The summed E-state index contributed by atoms with van der Waals surface area (Å²) in [6.45, 7) is 3.88. The van der Waals surface area contributed by atoms with Crippen LogP contribution < -0.4 is 15.4 Å². The maximum atomic E-state index is 12.4. The summed E-state index contributed by atoms with van der Waals surface area (Å²) in [5.74, 6) is -0.383. The second kappa shape index (κ2) is 8.58. The molecule has 0 atom stereocenters. The quantitative estimate of drug-likeness (QED) is 0.683. The Morgan fingerprint density at radius 2 is 1.93 bits per heavy atom. The molecular formula is C18H24F3N3O3. The van der Waals surface area contributed by atoms with E-state index in [-0.39, 0.29) is 24.2 Å². The van der Waals surface area contributed by atoms with Gasteiger partial charge in [-0.05, 0) is 37.8 Å². The number of carbonyl (C=O) groups is 2. The van der Waals surface area contributed by atoms with Gasteiger partial charge in [0.1, 0.15) is 11.4 Å². The van der Waals surface area contributed by atoms with Crippen LogP contribution in [0.15, 0.2) is 18.3 Å². The fourth-order valence-electron chi connectivity index (χ4n) is 2.62.